The topological polar surface area (TPSA) is 72.5 Å². The summed E-state index contributed by atoms with van der Waals surface area (Å²) in [5.41, 5.74) is -0.693. The van der Waals surface area contributed by atoms with Crippen molar-refractivity contribution in [2.24, 2.45) is 0 Å². The van der Waals surface area contributed by atoms with E-state index in [1.165, 1.54) is 4.72 Å². The smallest absolute Gasteiger partial charge is 0.323 e. The Morgan fingerprint density at radius 2 is 1.92 bits per heavy atom. The van der Waals surface area contributed by atoms with Crippen molar-refractivity contribution in [2.75, 3.05) is 5.75 Å². The number of nitrogens with one attached hydrogen (secondary N) is 1. The van der Waals surface area contributed by atoms with E-state index in [-0.39, 0.29) is 0 Å². The van der Waals surface area contributed by atoms with Crippen LogP contribution in [0.25, 0.3) is 0 Å². The Balaban J connectivity index is 4.19. The minimum atomic E-state index is -3.74. The van der Waals surface area contributed by atoms with Crippen LogP contribution in [0.1, 0.15) is 20.8 Å². The molecule has 6 heteroatoms. The summed E-state index contributed by atoms with van der Waals surface area (Å²) in [5, 5.41) is 0. The van der Waals surface area contributed by atoms with Gasteiger partial charge < -0.3 is 4.74 Å². The summed E-state index contributed by atoms with van der Waals surface area (Å²) in [6.45, 7) is 4.94. The Morgan fingerprint density at radius 1 is 1.46 bits per heavy atom. The second-order valence-corrected chi connectivity index (χ2v) is 5.22. The summed E-state index contributed by atoms with van der Waals surface area (Å²) >= 11 is 0. The van der Waals surface area contributed by atoms with Gasteiger partial charge in [0.15, 0.2) is 5.75 Å². The third kappa shape index (κ3) is 6.53. The Labute approximate surface area is 78.5 Å². The van der Waals surface area contributed by atoms with Gasteiger partial charge in [-0.3, -0.25) is 4.79 Å². The Morgan fingerprint density at radius 3 is 2.23 bits per heavy atom. The predicted octanol–water partition coefficient (Wildman–Crippen LogP) is -0.0839. The van der Waals surface area contributed by atoms with E-state index in [1.54, 1.807) is 20.8 Å². The van der Waals surface area contributed by atoms with E-state index in [0.29, 0.717) is 0 Å². The fourth-order valence-electron chi connectivity index (χ4n) is 0.568. The number of hydrogen-bond donors (Lipinski definition) is 1. The molecule has 0 atom stereocenters. The van der Waals surface area contributed by atoms with Crippen LogP contribution in [0.5, 0.6) is 0 Å². The number of ether oxygens (including phenoxy) is 1. The molecule has 0 bridgehead atoms. The number of hydrogen-bond acceptors (Lipinski definition) is 4. The minimum Gasteiger partial charge on any atom is -0.459 e. The first-order chi connectivity index (χ1) is 5.66. The maximum absolute atomic E-state index is 10.9. The number of carbonyl (C=O) groups is 1. The molecule has 0 aromatic heterocycles. The molecule has 0 aliphatic carbocycles. The van der Waals surface area contributed by atoms with E-state index in [4.69, 9.17) is 4.74 Å². The van der Waals surface area contributed by atoms with Gasteiger partial charge in [-0.25, -0.2) is 13.1 Å². The minimum absolute atomic E-state index is 0.693. The van der Waals surface area contributed by atoms with Gasteiger partial charge in [-0.05, 0) is 20.8 Å². The molecule has 0 amide bonds. The highest BCUT2D eigenvalue weighted by molar-refractivity contribution is 7.90. The zero-order valence-electron chi connectivity index (χ0n) is 7.83. The van der Waals surface area contributed by atoms with Gasteiger partial charge in [0.2, 0.25) is 10.0 Å². The molecule has 0 aliphatic rings. The van der Waals surface area contributed by atoms with Gasteiger partial charge in [0, 0.05) is 0 Å². The van der Waals surface area contributed by atoms with Crippen LogP contribution in [-0.2, 0) is 19.6 Å². The maximum Gasteiger partial charge on any atom is 0.323 e. The highest BCUT2D eigenvalue weighted by atomic mass is 32.2. The SMILES string of the molecule is [CH]NS(=O)(=O)CC(=O)OC(C)(C)C. The van der Waals surface area contributed by atoms with Crippen LogP contribution in [0.2, 0.25) is 0 Å². The van der Waals surface area contributed by atoms with Crippen LogP contribution in [-0.4, -0.2) is 25.7 Å². The van der Waals surface area contributed by atoms with E-state index in [2.05, 4.69) is 7.05 Å². The summed E-state index contributed by atoms with van der Waals surface area (Å²) < 4.78 is 27.8. The molecule has 0 aromatic carbocycles. The van der Waals surface area contributed by atoms with Crippen molar-refractivity contribution < 1.29 is 17.9 Å². The van der Waals surface area contributed by atoms with E-state index in [9.17, 15) is 13.2 Å². The Bertz CT molecular complexity index is 275. The van der Waals surface area contributed by atoms with Gasteiger partial charge >= 0.3 is 5.97 Å². The van der Waals surface area contributed by atoms with E-state index in [1.807, 2.05) is 0 Å². The number of rotatable bonds is 3. The lowest BCUT2D eigenvalue weighted by atomic mass is 10.2. The predicted molar refractivity (Wildman–Crippen MR) is 47.1 cm³/mol. The normalized spacial score (nSPS) is 12.6. The van der Waals surface area contributed by atoms with Crippen LogP contribution in [0, 0.1) is 7.05 Å². The molecule has 2 radical (unpaired) electrons. The Hall–Kier alpha value is -0.620. The van der Waals surface area contributed by atoms with Crippen molar-refractivity contribution in [1.82, 2.24) is 4.72 Å². The summed E-state index contributed by atoms with van der Waals surface area (Å²) in [6, 6.07) is 0. The second kappa shape index (κ2) is 4.06. The van der Waals surface area contributed by atoms with Crippen LogP contribution in [0.15, 0.2) is 0 Å². The fraction of sp³-hybridized carbons (Fsp3) is 0.714. The van der Waals surface area contributed by atoms with Gasteiger partial charge in [0.1, 0.15) is 5.60 Å². The van der Waals surface area contributed by atoms with Crippen molar-refractivity contribution in [3.05, 3.63) is 7.05 Å². The summed E-state index contributed by atoms with van der Waals surface area (Å²) in [5.74, 6) is -1.59. The lowest BCUT2D eigenvalue weighted by Gasteiger charge is -2.19. The number of carbonyl (C=O) groups excluding carboxylic acids is 1. The number of sulfonamides is 1. The van der Waals surface area contributed by atoms with Gasteiger partial charge in [0.05, 0.1) is 7.05 Å². The quantitative estimate of drug-likeness (QED) is 0.519. The molecule has 0 rings (SSSR count). The van der Waals surface area contributed by atoms with Crippen LogP contribution in [0.4, 0.5) is 0 Å². The van der Waals surface area contributed by atoms with Gasteiger partial charge in [-0.1, -0.05) is 0 Å². The van der Waals surface area contributed by atoms with Crippen molar-refractivity contribution in [3.63, 3.8) is 0 Å². The highest BCUT2D eigenvalue weighted by Crippen LogP contribution is 2.07. The van der Waals surface area contributed by atoms with E-state index in [0.717, 1.165) is 0 Å². The molecule has 0 aliphatic heterocycles. The van der Waals surface area contributed by atoms with Crippen LogP contribution < -0.4 is 4.72 Å². The van der Waals surface area contributed by atoms with Crippen molar-refractivity contribution in [1.29, 1.82) is 0 Å². The summed E-state index contributed by atoms with van der Waals surface area (Å²) in [4.78, 5) is 10.9. The molecule has 1 N–H and O–H groups in total. The van der Waals surface area contributed by atoms with Crippen LogP contribution in [0.3, 0.4) is 0 Å². The summed E-state index contributed by atoms with van der Waals surface area (Å²) in [7, 11) is 0.935. The molecule has 0 saturated heterocycles. The first kappa shape index (κ1) is 12.4. The van der Waals surface area contributed by atoms with Gasteiger partial charge in [-0.15, -0.1) is 0 Å². The fourth-order valence-corrected chi connectivity index (χ4v) is 1.02. The average Bonchev–Trinajstić information content (AvgIpc) is 1.81. The second-order valence-electron chi connectivity index (χ2n) is 3.46. The molecule has 0 unspecified atom stereocenters. The zero-order chi connectivity index (χ0) is 10.7. The third-order valence-electron chi connectivity index (χ3n) is 0.907. The molecule has 0 fully saturated rings. The third-order valence-corrected chi connectivity index (χ3v) is 1.88. The van der Waals surface area contributed by atoms with E-state index >= 15 is 0 Å². The molecule has 0 aromatic rings. The summed E-state index contributed by atoms with van der Waals surface area (Å²) in [6.07, 6.45) is 0. The van der Waals surface area contributed by atoms with Crippen molar-refractivity contribution in [3.8, 4) is 0 Å². The molecule has 0 heterocycles. The van der Waals surface area contributed by atoms with E-state index < -0.39 is 27.3 Å². The van der Waals surface area contributed by atoms with Crippen molar-refractivity contribution in [2.45, 2.75) is 26.4 Å². The maximum atomic E-state index is 10.9. The van der Waals surface area contributed by atoms with Gasteiger partial charge in [0.25, 0.3) is 0 Å². The lowest BCUT2D eigenvalue weighted by Crippen LogP contribution is -2.32. The molecule has 76 valence electrons. The monoisotopic (exact) mass is 207 g/mol. The zero-order valence-corrected chi connectivity index (χ0v) is 8.64. The molecule has 5 nitrogen and oxygen atoms in total. The average molecular weight is 207 g/mol. The largest absolute Gasteiger partial charge is 0.459 e. The molecular formula is C7H13NO4S. The van der Waals surface area contributed by atoms with Crippen LogP contribution >= 0.6 is 0 Å². The highest BCUT2D eigenvalue weighted by Gasteiger charge is 2.21. The first-order valence-corrected chi connectivity index (χ1v) is 5.23. The number of esters is 1. The lowest BCUT2D eigenvalue weighted by molar-refractivity contribution is -0.151. The molecule has 0 spiro atoms. The molecule has 0 saturated carbocycles. The molecule has 13 heavy (non-hydrogen) atoms. The van der Waals surface area contributed by atoms with Gasteiger partial charge in [-0.2, -0.15) is 0 Å². The first-order valence-electron chi connectivity index (χ1n) is 3.58. The van der Waals surface area contributed by atoms with Crippen molar-refractivity contribution >= 4 is 16.0 Å². The molecular weight excluding hydrogens is 194 g/mol. The Kier molecular flexibility index (Phi) is 3.87. The standard InChI is InChI=1S/C7H13NO4S/c1-7(2,3)12-6(9)5-13(10,11)8-4/h4,8H,5H2,1-3H3.